The predicted octanol–water partition coefficient (Wildman–Crippen LogP) is 0.977. The van der Waals surface area contributed by atoms with Crippen molar-refractivity contribution < 1.29 is 9.84 Å². The molecule has 0 aliphatic carbocycles. The molecule has 2 rings (SSSR count). The summed E-state index contributed by atoms with van der Waals surface area (Å²) in [7, 11) is 1.53. The number of methoxy groups -OCH3 is 1. The largest absolute Gasteiger partial charge is 0.860 e. The number of hydrogen-bond acceptors (Lipinski definition) is 4. The zero-order chi connectivity index (χ0) is 12.4. The molecule has 1 heterocycles. The van der Waals surface area contributed by atoms with Gasteiger partial charge in [0.2, 0.25) is 0 Å². The molecule has 0 bridgehead atoms. The Balaban J connectivity index is 2.68. The van der Waals surface area contributed by atoms with Crippen LogP contribution >= 0.6 is 12.2 Å². The number of H-pyrrole nitrogens is 1. The van der Waals surface area contributed by atoms with E-state index in [1.54, 1.807) is 24.3 Å². The fraction of sp³-hybridized carbons (Fsp3) is 0.0909. The van der Waals surface area contributed by atoms with Crippen LogP contribution in [0.2, 0.25) is 0 Å². The lowest BCUT2D eigenvalue weighted by Crippen LogP contribution is -2.15. The van der Waals surface area contributed by atoms with Gasteiger partial charge in [-0.2, -0.15) is 0 Å². The van der Waals surface area contributed by atoms with Gasteiger partial charge >= 0.3 is 0 Å². The standard InChI is InChI=1S/C11H10N2O3S/c1-16-8-4-2-3-7(5-8)13-10(15)6-9(14)12-11(13)17/h2-6,15H,1H3,(H,12,14,17)/p-1. The van der Waals surface area contributed by atoms with E-state index >= 15 is 0 Å². The van der Waals surface area contributed by atoms with Crippen molar-refractivity contribution in [2.24, 2.45) is 0 Å². The fourth-order valence-electron chi connectivity index (χ4n) is 1.47. The summed E-state index contributed by atoms with van der Waals surface area (Å²) in [5, 5.41) is 11.7. The van der Waals surface area contributed by atoms with Crippen LogP contribution in [0.4, 0.5) is 0 Å². The zero-order valence-electron chi connectivity index (χ0n) is 8.97. The van der Waals surface area contributed by atoms with Crippen LogP contribution in [0.5, 0.6) is 11.6 Å². The molecule has 1 N–H and O–H groups in total. The summed E-state index contributed by atoms with van der Waals surface area (Å²) < 4.78 is 6.36. The second kappa shape index (κ2) is 4.42. The SMILES string of the molecule is COc1cccc(-n2c([O-])cc(=O)[nH]c2=S)c1. The van der Waals surface area contributed by atoms with Crippen molar-refractivity contribution in [1.29, 1.82) is 0 Å². The molecule has 6 heteroatoms. The second-order valence-corrected chi connectivity index (χ2v) is 3.70. The predicted molar refractivity (Wildman–Crippen MR) is 63.2 cm³/mol. The van der Waals surface area contributed by atoms with E-state index in [4.69, 9.17) is 17.0 Å². The Bertz CT molecular complexity index is 660. The average Bonchev–Trinajstić information content (AvgIpc) is 2.28. The first kappa shape index (κ1) is 11.4. The summed E-state index contributed by atoms with van der Waals surface area (Å²) in [5.74, 6) is 0.141. The Kier molecular flexibility index (Phi) is 2.97. The minimum Gasteiger partial charge on any atom is -0.860 e. The van der Waals surface area contributed by atoms with E-state index in [9.17, 15) is 9.90 Å². The van der Waals surface area contributed by atoms with Gasteiger partial charge in [-0.25, -0.2) is 0 Å². The highest BCUT2D eigenvalue weighted by Gasteiger charge is 2.01. The molecular weight excluding hydrogens is 240 g/mol. The van der Waals surface area contributed by atoms with Gasteiger partial charge in [0.1, 0.15) is 5.75 Å². The molecule has 0 amide bonds. The molecule has 17 heavy (non-hydrogen) atoms. The van der Waals surface area contributed by atoms with Crippen LogP contribution in [-0.2, 0) is 0 Å². The molecule has 0 aliphatic heterocycles. The van der Waals surface area contributed by atoms with Gasteiger partial charge in [-0.05, 0) is 30.2 Å². The summed E-state index contributed by atoms with van der Waals surface area (Å²) in [6.07, 6.45) is 0. The zero-order valence-corrected chi connectivity index (χ0v) is 9.78. The van der Waals surface area contributed by atoms with Gasteiger partial charge < -0.3 is 14.4 Å². The van der Waals surface area contributed by atoms with Gasteiger partial charge in [0, 0.05) is 12.1 Å². The normalized spacial score (nSPS) is 10.2. The van der Waals surface area contributed by atoms with E-state index in [2.05, 4.69) is 4.98 Å². The maximum absolute atomic E-state index is 11.7. The quantitative estimate of drug-likeness (QED) is 0.805. The van der Waals surface area contributed by atoms with Crippen LogP contribution in [0.25, 0.3) is 5.69 Å². The molecule has 88 valence electrons. The van der Waals surface area contributed by atoms with Crippen LogP contribution in [0.1, 0.15) is 0 Å². The molecule has 2 aromatic rings. The third-order valence-electron chi connectivity index (χ3n) is 2.22. The molecule has 0 radical (unpaired) electrons. The number of hydrogen-bond donors (Lipinski definition) is 1. The Labute approximate surface area is 102 Å². The molecule has 0 saturated carbocycles. The van der Waals surface area contributed by atoms with Gasteiger partial charge in [0.15, 0.2) is 4.77 Å². The Morgan fingerprint density at radius 2 is 2.18 bits per heavy atom. The van der Waals surface area contributed by atoms with E-state index in [-0.39, 0.29) is 4.77 Å². The lowest BCUT2D eigenvalue weighted by atomic mass is 10.3. The number of rotatable bonds is 2. The lowest BCUT2D eigenvalue weighted by molar-refractivity contribution is -0.278. The van der Waals surface area contributed by atoms with Crippen LogP contribution in [0.3, 0.4) is 0 Å². The minimum atomic E-state index is -0.501. The summed E-state index contributed by atoms with van der Waals surface area (Å²) in [4.78, 5) is 13.5. The van der Waals surface area contributed by atoms with Crippen molar-refractivity contribution in [2.45, 2.75) is 0 Å². The molecule has 0 atom stereocenters. The van der Waals surface area contributed by atoms with E-state index in [1.807, 2.05) is 0 Å². The maximum atomic E-state index is 11.7. The number of nitrogens with one attached hydrogen (secondary N) is 1. The molecule has 0 spiro atoms. The van der Waals surface area contributed by atoms with E-state index in [0.29, 0.717) is 11.4 Å². The number of ether oxygens (including phenoxy) is 1. The minimum absolute atomic E-state index is 0.0655. The topological polar surface area (TPSA) is 70.1 Å². The van der Waals surface area contributed by atoms with Crippen molar-refractivity contribution >= 4 is 12.2 Å². The Hall–Kier alpha value is -2.08. The average molecular weight is 249 g/mol. The molecule has 0 fully saturated rings. The van der Waals surface area contributed by atoms with Crippen LogP contribution in [0, 0.1) is 4.77 Å². The fourth-order valence-corrected chi connectivity index (χ4v) is 1.76. The van der Waals surface area contributed by atoms with Crippen LogP contribution in [-0.4, -0.2) is 16.7 Å². The van der Waals surface area contributed by atoms with Crippen LogP contribution in [0.15, 0.2) is 35.1 Å². The van der Waals surface area contributed by atoms with Crippen molar-refractivity contribution in [3.63, 3.8) is 0 Å². The highest BCUT2D eigenvalue weighted by Crippen LogP contribution is 2.18. The summed E-state index contributed by atoms with van der Waals surface area (Å²) in [6, 6.07) is 7.81. The van der Waals surface area contributed by atoms with E-state index in [0.717, 1.165) is 6.07 Å². The van der Waals surface area contributed by atoms with Gasteiger partial charge in [0.25, 0.3) is 5.56 Å². The van der Waals surface area contributed by atoms with Gasteiger partial charge in [-0.1, -0.05) is 6.07 Å². The van der Waals surface area contributed by atoms with Crippen molar-refractivity contribution in [2.75, 3.05) is 7.11 Å². The van der Waals surface area contributed by atoms with Gasteiger partial charge in [-0.3, -0.25) is 9.78 Å². The maximum Gasteiger partial charge on any atom is 0.250 e. The molecule has 0 unspecified atom stereocenters. The first-order chi connectivity index (χ1) is 8.11. The third kappa shape index (κ3) is 2.21. The van der Waals surface area contributed by atoms with Crippen molar-refractivity contribution in [3.8, 4) is 17.3 Å². The number of aromatic amines is 1. The number of nitrogens with zero attached hydrogens (tertiary/aromatic N) is 1. The highest BCUT2D eigenvalue weighted by atomic mass is 32.1. The van der Waals surface area contributed by atoms with Gasteiger partial charge in [0.05, 0.1) is 12.8 Å². The van der Waals surface area contributed by atoms with E-state index in [1.165, 1.54) is 11.7 Å². The van der Waals surface area contributed by atoms with Gasteiger partial charge in [-0.15, -0.1) is 0 Å². The van der Waals surface area contributed by atoms with E-state index < -0.39 is 11.4 Å². The van der Waals surface area contributed by atoms with Crippen LogP contribution < -0.4 is 15.4 Å². The molecule has 0 aliphatic rings. The first-order valence-corrected chi connectivity index (χ1v) is 5.20. The monoisotopic (exact) mass is 249 g/mol. The molecule has 1 aromatic heterocycles. The summed E-state index contributed by atoms with van der Waals surface area (Å²) >= 11 is 4.96. The third-order valence-corrected chi connectivity index (χ3v) is 2.50. The summed E-state index contributed by atoms with van der Waals surface area (Å²) in [6.45, 7) is 0. The highest BCUT2D eigenvalue weighted by molar-refractivity contribution is 7.71. The molecular formula is C11H9N2O3S-. The van der Waals surface area contributed by atoms with Crippen molar-refractivity contribution in [1.82, 2.24) is 9.55 Å². The Morgan fingerprint density at radius 1 is 1.41 bits per heavy atom. The van der Waals surface area contributed by atoms with Crippen molar-refractivity contribution in [3.05, 3.63) is 45.5 Å². The molecule has 1 aromatic carbocycles. The lowest BCUT2D eigenvalue weighted by Gasteiger charge is -2.16. The summed E-state index contributed by atoms with van der Waals surface area (Å²) in [5.41, 5.74) is 0.0507. The number of benzene rings is 1. The Morgan fingerprint density at radius 3 is 2.82 bits per heavy atom. The first-order valence-electron chi connectivity index (χ1n) is 4.79. The second-order valence-electron chi connectivity index (χ2n) is 3.31. The number of aromatic nitrogens is 2. The smallest absolute Gasteiger partial charge is 0.250 e. The molecule has 0 saturated heterocycles. The molecule has 5 nitrogen and oxygen atoms in total.